The second-order valence-electron chi connectivity index (χ2n) is 5.78. The number of hydrogen-bond acceptors (Lipinski definition) is 2. The van der Waals surface area contributed by atoms with Crippen molar-refractivity contribution >= 4 is 6.09 Å². The van der Waals surface area contributed by atoms with Gasteiger partial charge in [0, 0.05) is 18.4 Å². The summed E-state index contributed by atoms with van der Waals surface area (Å²) in [6, 6.07) is 16.5. The third-order valence-electron chi connectivity index (χ3n) is 4.13. The van der Waals surface area contributed by atoms with Gasteiger partial charge < -0.3 is 10.1 Å². The molecular weight excluding hydrogens is 286 g/mol. The van der Waals surface area contributed by atoms with Gasteiger partial charge in [0.2, 0.25) is 0 Å². The van der Waals surface area contributed by atoms with Gasteiger partial charge >= 0.3 is 6.09 Å². The van der Waals surface area contributed by atoms with Gasteiger partial charge in [0.1, 0.15) is 6.61 Å². The fourth-order valence-electron chi connectivity index (χ4n) is 3.07. The van der Waals surface area contributed by atoms with Crippen LogP contribution in [0.25, 0.3) is 11.1 Å². The average Bonchev–Trinajstić information content (AvgIpc) is 2.87. The molecule has 2 aromatic carbocycles. The molecule has 1 unspecified atom stereocenters. The van der Waals surface area contributed by atoms with Crippen LogP contribution in [0, 0.1) is 12.3 Å². The van der Waals surface area contributed by atoms with E-state index in [-0.39, 0.29) is 12.0 Å². The maximum atomic E-state index is 11.9. The van der Waals surface area contributed by atoms with Gasteiger partial charge in [-0.15, -0.1) is 12.3 Å². The number of amides is 1. The first-order valence-corrected chi connectivity index (χ1v) is 7.75. The fourth-order valence-corrected chi connectivity index (χ4v) is 3.07. The zero-order chi connectivity index (χ0) is 16.2. The van der Waals surface area contributed by atoms with Crippen LogP contribution in [0.5, 0.6) is 0 Å². The van der Waals surface area contributed by atoms with E-state index in [9.17, 15) is 4.79 Å². The summed E-state index contributed by atoms with van der Waals surface area (Å²) >= 11 is 0. The summed E-state index contributed by atoms with van der Waals surface area (Å²) in [4.78, 5) is 11.9. The molecule has 1 amide bonds. The molecule has 1 aliphatic carbocycles. The van der Waals surface area contributed by atoms with Crippen molar-refractivity contribution in [3.05, 3.63) is 59.7 Å². The van der Waals surface area contributed by atoms with Crippen LogP contribution in [0.2, 0.25) is 0 Å². The minimum absolute atomic E-state index is 0.0797. The largest absolute Gasteiger partial charge is 0.449 e. The zero-order valence-electron chi connectivity index (χ0n) is 13.1. The SMILES string of the molecule is C#CCC(C)NC(=O)OCC1c2ccccc2-c2ccccc21. The molecule has 3 nitrogen and oxygen atoms in total. The Hall–Kier alpha value is -2.73. The van der Waals surface area contributed by atoms with Crippen molar-refractivity contribution in [2.24, 2.45) is 0 Å². The summed E-state index contributed by atoms with van der Waals surface area (Å²) in [6.07, 6.45) is 5.31. The molecule has 3 rings (SSSR count). The summed E-state index contributed by atoms with van der Waals surface area (Å²) in [7, 11) is 0. The molecule has 1 atom stereocenters. The second kappa shape index (κ2) is 6.58. The number of fused-ring (bicyclic) bond motifs is 3. The molecule has 2 aromatic rings. The van der Waals surface area contributed by atoms with Crippen molar-refractivity contribution in [2.45, 2.75) is 25.3 Å². The molecule has 3 heteroatoms. The van der Waals surface area contributed by atoms with E-state index in [0.717, 1.165) is 0 Å². The van der Waals surface area contributed by atoms with Gasteiger partial charge in [-0.05, 0) is 29.2 Å². The Labute approximate surface area is 136 Å². The number of benzene rings is 2. The average molecular weight is 305 g/mol. The van der Waals surface area contributed by atoms with Crippen LogP contribution in [0.15, 0.2) is 48.5 Å². The molecule has 0 bridgehead atoms. The summed E-state index contributed by atoms with van der Waals surface area (Å²) < 4.78 is 5.44. The lowest BCUT2D eigenvalue weighted by atomic mass is 9.98. The van der Waals surface area contributed by atoms with E-state index in [4.69, 9.17) is 11.2 Å². The Bertz CT molecular complexity index is 715. The first-order valence-electron chi connectivity index (χ1n) is 7.75. The van der Waals surface area contributed by atoms with Crippen LogP contribution < -0.4 is 5.32 Å². The molecule has 0 spiro atoms. The van der Waals surface area contributed by atoms with Crippen LogP contribution in [0.3, 0.4) is 0 Å². The highest BCUT2D eigenvalue weighted by molar-refractivity contribution is 5.79. The number of hydrogen-bond donors (Lipinski definition) is 1. The smallest absolute Gasteiger partial charge is 0.407 e. The molecule has 1 N–H and O–H groups in total. The highest BCUT2D eigenvalue weighted by Crippen LogP contribution is 2.44. The Morgan fingerprint density at radius 1 is 1.17 bits per heavy atom. The lowest BCUT2D eigenvalue weighted by molar-refractivity contribution is 0.140. The van der Waals surface area contributed by atoms with Gasteiger partial charge in [0.05, 0.1) is 0 Å². The number of nitrogens with one attached hydrogen (secondary N) is 1. The fraction of sp³-hybridized carbons (Fsp3) is 0.250. The summed E-state index contributed by atoms with van der Waals surface area (Å²) in [5.74, 6) is 2.61. The quantitative estimate of drug-likeness (QED) is 0.869. The van der Waals surface area contributed by atoms with Gasteiger partial charge in [-0.1, -0.05) is 48.5 Å². The molecule has 0 aromatic heterocycles. The van der Waals surface area contributed by atoms with Crippen LogP contribution >= 0.6 is 0 Å². The molecule has 1 aliphatic rings. The Balaban J connectivity index is 1.74. The zero-order valence-corrected chi connectivity index (χ0v) is 13.1. The van der Waals surface area contributed by atoms with E-state index in [2.05, 4.69) is 35.5 Å². The third-order valence-corrected chi connectivity index (χ3v) is 4.13. The number of ether oxygens (including phenoxy) is 1. The van der Waals surface area contributed by atoms with Crippen LogP contribution in [0.1, 0.15) is 30.4 Å². The molecule has 0 radical (unpaired) electrons. The van der Waals surface area contributed by atoms with Crippen molar-refractivity contribution in [2.75, 3.05) is 6.61 Å². The predicted octanol–water partition coefficient (Wildman–Crippen LogP) is 3.94. The van der Waals surface area contributed by atoms with Gasteiger partial charge in [0.15, 0.2) is 0 Å². The first kappa shape index (κ1) is 15.2. The Morgan fingerprint density at radius 3 is 2.30 bits per heavy atom. The van der Waals surface area contributed by atoms with E-state index in [1.807, 2.05) is 31.2 Å². The van der Waals surface area contributed by atoms with Crippen molar-refractivity contribution < 1.29 is 9.53 Å². The van der Waals surface area contributed by atoms with Crippen LogP contribution in [-0.2, 0) is 4.74 Å². The van der Waals surface area contributed by atoms with E-state index < -0.39 is 6.09 Å². The normalized spacial score (nSPS) is 13.6. The molecule has 0 saturated carbocycles. The van der Waals surface area contributed by atoms with Gasteiger partial charge in [-0.2, -0.15) is 0 Å². The summed E-state index contributed by atoms with van der Waals surface area (Å²) in [5.41, 5.74) is 4.85. The molecule has 116 valence electrons. The van der Waals surface area contributed by atoms with Gasteiger partial charge in [0.25, 0.3) is 0 Å². The molecule has 0 saturated heterocycles. The second-order valence-corrected chi connectivity index (χ2v) is 5.78. The highest BCUT2D eigenvalue weighted by atomic mass is 16.5. The van der Waals surface area contributed by atoms with Crippen molar-refractivity contribution in [1.82, 2.24) is 5.32 Å². The van der Waals surface area contributed by atoms with Crippen LogP contribution in [0.4, 0.5) is 4.79 Å². The van der Waals surface area contributed by atoms with Crippen molar-refractivity contribution in [1.29, 1.82) is 0 Å². The van der Waals surface area contributed by atoms with E-state index in [0.29, 0.717) is 13.0 Å². The molecule has 0 fully saturated rings. The number of rotatable bonds is 4. The van der Waals surface area contributed by atoms with E-state index >= 15 is 0 Å². The Morgan fingerprint density at radius 2 is 1.74 bits per heavy atom. The minimum atomic E-state index is -0.422. The number of alkyl carbamates (subject to hydrolysis) is 1. The predicted molar refractivity (Wildman–Crippen MR) is 91.1 cm³/mol. The number of carbonyl (C=O) groups is 1. The van der Waals surface area contributed by atoms with E-state index in [1.54, 1.807) is 0 Å². The van der Waals surface area contributed by atoms with Gasteiger partial charge in [-0.25, -0.2) is 4.79 Å². The maximum Gasteiger partial charge on any atom is 0.407 e. The Kier molecular flexibility index (Phi) is 4.34. The molecule has 0 heterocycles. The molecular formula is C20H19NO2. The lowest BCUT2D eigenvalue weighted by Gasteiger charge is -2.16. The van der Waals surface area contributed by atoms with Crippen molar-refractivity contribution in [3.63, 3.8) is 0 Å². The van der Waals surface area contributed by atoms with E-state index in [1.165, 1.54) is 22.3 Å². The van der Waals surface area contributed by atoms with Crippen molar-refractivity contribution in [3.8, 4) is 23.5 Å². The molecule has 0 aliphatic heterocycles. The number of terminal acetylenes is 1. The monoisotopic (exact) mass is 305 g/mol. The van der Waals surface area contributed by atoms with Gasteiger partial charge in [-0.3, -0.25) is 0 Å². The standard InChI is InChI=1S/C20H19NO2/c1-3-8-14(2)21-20(22)23-13-19-17-11-6-4-9-15(17)16-10-5-7-12-18(16)19/h1,4-7,9-12,14,19H,8,13H2,2H3,(H,21,22). The molecule has 23 heavy (non-hydrogen) atoms. The maximum absolute atomic E-state index is 11.9. The number of carbonyl (C=O) groups excluding carboxylic acids is 1. The van der Waals surface area contributed by atoms with Crippen LogP contribution in [-0.4, -0.2) is 18.7 Å². The summed E-state index contributed by atoms with van der Waals surface area (Å²) in [5, 5.41) is 2.75. The first-order chi connectivity index (χ1) is 11.2. The lowest BCUT2D eigenvalue weighted by Crippen LogP contribution is -2.33. The third kappa shape index (κ3) is 3.07. The highest BCUT2D eigenvalue weighted by Gasteiger charge is 2.29. The summed E-state index contributed by atoms with van der Waals surface area (Å²) in [6.45, 7) is 2.18. The topological polar surface area (TPSA) is 38.3 Å². The minimum Gasteiger partial charge on any atom is -0.449 e.